The molecule has 3 N–H and O–H groups in total. The Morgan fingerprint density at radius 1 is 1.36 bits per heavy atom. The van der Waals surface area contributed by atoms with E-state index in [0.717, 1.165) is 24.4 Å². The Hall–Kier alpha value is -0.800. The molecular weight excluding hydrogens is 223 g/mol. The van der Waals surface area contributed by atoms with Gasteiger partial charge in [-0.05, 0) is 24.1 Å². The maximum absolute atomic E-state index is 5.74. The second kappa shape index (κ2) is 5.17. The van der Waals surface area contributed by atoms with Crippen molar-refractivity contribution in [1.29, 1.82) is 0 Å². The molecule has 0 saturated heterocycles. The molecule has 1 heterocycles. The van der Waals surface area contributed by atoms with Crippen LogP contribution in [0.1, 0.15) is 5.56 Å². The molecule has 0 saturated carbocycles. The molecule has 2 rings (SSSR count). The average molecular weight is 237 g/mol. The summed E-state index contributed by atoms with van der Waals surface area (Å²) in [7, 11) is 1.64. The topological polar surface area (TPSA) is 47.3 Å². The van der Waals surface area contributed by atoms with Crippen LogP contribution in [0, 0.1) is 0 Å². The summed E-state index contributed by atoms with van der Waals surface area (Å²) < 4.78 is 5.12. The fourth-order valence-electron chi connectivity index (χ4n) is 1.52. The second-order valence-corrected chi connectivity index (χ2v) is 2.93. The summed E-state index contributed by atoms with van der Waals surface area (Å²) >= 11 is 0. The first-order chi connectivity index (χ1) is 5.81. The molecule has 0 amide bonds. The summed E-state index contributed by atoms with van der Waals surface area (Å²) in [5.74, 6) is 0.775. The van der Waals surface area contributed by atoms with Crippen LogP contribution < -0.4 is 15.8 Å². The van der Waals surface area contributed by atoms with Gasteiger partial charge < -0.3 is 15.8 Å². The van der Waals surface area contributed by atoms with Crippen molar-refractivity contribution in [1.82, 2.24) is 0 Å². The average Bonchev–Trinajstić information content (AvgIpc) is 2.49. The van der Waals surface area contributed by atoms with Gasteiger partial charge in [-0.3, -0.25) is 0 Å². The van der Waals surface area contributed by atoms with Gasteiger partial charge in [-0.1, -0.05) is 0 Å². The van der Waals surface area contributed by atoms with Crippen LogP contribution in [0.5, 0.6) is 5.75 Å². The molecule has 0 aromatic heterocycles. The van der Waals surface area contributed by atoms with Gasteiger partial charge in [0.2, 0.25) is 0 Å². The van der Waals surface area contributed by atoms with Gasteiger partial charge in [0, 0.05) is 12.2 Å². The first-order valence-electron chi connectivity index (χ1n) is 4.01. The number of halogens is 2. The van der Waals surface area contributed by atoms with Crippen LogP contribution in [0.2, 0.25) is 0 Å². The lowest BCUT2D eigenvalue weighted by Crippen LogP contribution is -1.94. The summed E-state index contributed by atoms with van der Waals surface area (Å²) in [5.41, 5.74) is 8.88. The van der Waals surface area contributed by atoms with Crippen molar-refractivity contribution in [2.24, 2.45) is 0 Å². The Morgan fingerprint density at radius 3 is 2.71 bits per heavy atom. The zero-order valence-electron chi connectivity index (χ0n) is 7.87. The van der Waals surface area contributed by atoms with Crippen LogP contribution in [-0.4, -0.2) is 13.7 Å². The van der Waals surface area contributed by atoms with Gasteiger partial charge in [0.05, 0.1) is 12.8 Å². The predicted molar refractivity (Wildman–Crippen MR) is 64.1 cm³/mol. The molecule has 0 bridgehead atoms. The number of hydrogen-bond acceptors (Lipinski definition) is 3. The molecule has 80 valence electrons. The maximum atomic E-state index is 5.74. The molecule has 3 nitrogen and oxygen atoms in total. The van der Waals surface area contributed by atoms with Crippen LogP contribution in [0.4, 0.5) is 11.4 Å². The first-order valence-corrected chi connectivity index (χ1v) is 4.01. The van der Waals surface area contributed by atoms with E-state index in [1.165, 1.54) is 5.56 Å². The van der Waals surface area contributed by atoms with Gasteiger partial charge in [0.25, 0.3) is 0 Å². The lowest BCUT2D eigenvalue weighted by molar-refractivity contribution is 0.416. The Bertz CT molecular complexity index is 317. The van der Waals surface area contributed by atoms with E-state index in [9.17, 15) is 0 Å². The smallest absolute Gasteiger partial charge is 0.142 e. The number of hydrogen-bond donors (Lipinski definition) is 2. The fourth-order valence-corrected chi connectivity index (χ4v) is 1.52. The first kappa shape index (κ1) is 13.2. The Kier molecular flexibility index (Phi) is 4.88. The van der Waals surface area contributed by atoms with Crippen molar-refractivity contribution in [2.75, 3.05) is 24.7 Å². The SMILES string of the molecule is COc1cc2c(cc1N)NCC2.Cl.Cl. The molecule has 1 aliphatic rings. The minimum Gasteiger partial charge on any atom is -0.495 e. The lowest BCUT2D eigenvalue weighted by atomic mass is 10.1. The van der Waals surface area contributed by atoms with Crippen LogP contribution in [0.3, 0.4) is 0 Å². The minimum atomic E-state index is 0. The van der Waals surface area contributed by atoms with E-state index in [2.05, 4.69) is 5.32 Å². The molecule has 0 atom stereocenters. The summed E-state index contributed by atoms with van der Waals surface area (Å²) in [6.45, 7) is 1.00. The Morgan fingerprint density at radius 2 is 2.07 bits per heavy atom. The van der Waals surface area contributed by atoms with Crippen LogP contribution in [0.25, 0.3) is 0 Å². The number of nitrogen functional groups attached to an aromatic ring is 1. The van der Waals surface area contributed by atoms with E-state index in [4.69, 9.17) is 10.5 Å². The standard InChI is InChI=1S/C9H12N2O.2ClH/c1-12-9-4-6-2-3-11-8(6)5-7(9)10;;/h4-5,11H,2-3,10H2,1H3;2*1H. The van der Waals surface area contributed by atoms with Crippen LogP contribution >= 0.6 is 24.8 Å². The van der Waals surface area contributed by atoms with E-state index in [1.807, 2.05) is 12.1 Å². The predicted octanol–water partition coefficient (Wildman–Crippen LogP) is 2.09. The quantitative estimate of drug-likeness (QED) is 0.735. The summed E-state index contributed by atoms with van der Waals surface area (Å²) in [5, 5.41) is 3.26. The van der Waals surface area contributed by atoms with Gasteiger partial charge in [0.1, 0.15) is 5.75 Å². The Labute approximate surface area is 95.8 Å². The van der Waals surface area contributed by atoms with Crippen molar-refractivity contribution in [3.63, 3.8) is 0 Å². The molecule has 0 spiro atoms. The normalized spacial score (nSPS) is 11.8. The highest BCUT2D eigenvalue weighted by Crippen LogP contribution is 2.31. The van der Waals surface area contributed by atoms with Crippen molar-refractivity contribution in [3.8, 4) is 5.75 Å². The molecule has 0 aliphatic carbocycles. The van der Waals surface area contributed by atoms with E-state index in [1.54, 1.807) is 7.11 Å². The number of rotatable bonds is 1. The van der Waals surface area contributed by atoms with Gasteiger partial charge >= 0.3 is 0 Å². The van der Waals surface area contributed by atoms with Gasteiger partial charge in [-0.15, -0.1) is 24.8 Å². The summed E-state index contributed by atoms with van der Waals surface area (Å²) in [4.78, 5) is 0. The molecule has 1 aromatic rings. The molecule has 5 heteroatoms. The number of fused-ring (bicyclic) bond motifs is 1. The van der Waals surface area contributed by atoms with E-state index in [0.29, 0.717) is 5.69 Å². The molecule has 0 fully saturated rings. The lowest BCUT2D eigenvalue weighted by Gasteiger charge is -2.06. The van der Waals surface area contributed by atoms with Crippen molar-refractivity contribution < 1.29 is 4.74 Å². The Balaban J connectivity index is 0.000000845. The number of ether oxygens (including phenoxy) is 1. The maximum Gasteiger partial charge on any atom is 0.142 e. The fraction of sp³-hybridized carbons (Fsp3) is 0.333. The van der Waals surface area contributed by atoms with Crippen molar-refractivity contribution >= 4 is 36.2 Å². The van der Waals surface area contributed by atoms with Gasteiger partial charge in [0.15, 0.2) is 0 Å². The number of anilines is 2. The molecule has 1 aliphatic heterocycles. The van der Waals surface area contributed by atoms with E-state index < -0.39 is 0 Å². The number of benzene rings is 1. The summed E-state index contributed by atoms with van der Waals surface area (Å²) in [6, 6.07) is 3.94. The number of nitrogens with one attached hydrogen (secondary N) is 1. The minimum absolute atomic E-state index is 0. The zero-order chi connectivity index (χ0) is 8.55. The molecule has 1 aromatic carbocycles. The highest BCUT2D eigenvalue weighted by molar-refractivity contribution is 5.85. The van der Waals surface area contributed by atoms with Crippen LogP contribution in [0.15, 0.2) is 12.1 Å². The number of nitrogens with two attached hydrogens (primary N) is 1. The molecule has 0 radical (unpaired) electrons. The van der Waals surface area contributed by atoms with E-state index in [-0.39, 0.29) is 24.8 Å². The largest absolute Gasteiger partial charge is 0.495 e. The van der Waals surface area contributed by atoms with Gasteiger partial charge in [-0.2, -0.15) is 0 Å². The van der Waals surface area contributed by atoms with E-state index >= 15 is 0 Å². The highest BCUT2D eigenvalue weighted by Gasteiger charge is 2.12. The third-order valence-corrected chi connectivity index (χ3v) is 2.17. The van der Waals surface area contributed by atoms with Crippen LogP contribution in [-0.2, 0) is 6.42 Å². The third kappa shape index (κ3) is 2.16. The molecular formula is C9H14Cl2N2O. The highest BCUT2D eigenvalue weighted by atomic mass is 35.5. The monoisotopic (exact) mass is 236 g/mol. The van der Waals surface area contributed by atoms with Crippen molar-refractivity contribution in [2.45, 2.75) is 6.42 Å². The second-order valence-electron chi connectivity index (χ2n) is 2.93. The zero-order valence-corrected chi connectivity index (χ0v) is 9.50. The third-order valence-electron chi connectivity index (χ3n) is 2.17. The number of methoxy groups -OCH3 is 1. The molecule has 14 heavy (non-hydrogen) atoms. The summed E-state index contributed by atoms with van der Waals surface area (Å²) in [6.07, 6.45) is 1.06. The van der Waals surface area contributed by atoms with Gasteiger partial charge in [-0.25, -0.2) is 0 Å². The molecule has 0 unspecified atom stereocenters. The van der Waals surface area contributed by atoms with Crippen molar-refractivity contribution in [3.05, 3.63) is 17.7 Å².